The third kappa shape index (κ3) is 12.0. The molecule has 44 heavy (non-hydrogen) atoms. The summed E-state index contributed by atoms with van der Waals surface area (Å²) in [5.41, 5.74) is 5.13. The Labute approximate surface area is 256 Å². The Morgan fingerprint density at radius 2 is 1.02 bits per heavy atom. The van der Waals surface area contributed by atoms with E-state index in [1.165, 1.54) is 13.8 Å². The molecule has 2 heterocycles. The highest BCUT2D eigenvalue weighted by molar-refractivity contribution is 5.90. The van der Waals surface area contributed by atoms with E-state index in [1.54, 1.807) is 0 Å². The number of unbranched alkanes of at least 4 members (excludes halogenated alkanes) is 1. The molecule has 0 aromatic carbocycles. The van der Waals surface area contributed by atoms with Crippen LogP contribution in [0.5, 0.6) is 0 Å². The lowest BCUT2D eigenvalue weighted by Crippen LogP contribution is -2.57. The van der Waals surface area contributed by atoms with Gasteiger partial charge in [-0.15, -0.1) is 0 Å². The van der Waals surface area contributed by atoms with Crippen molar-refractivity contribution in [1.82, 2.24) is 4.90 Å². The van der Waals surface area contributed by atoms with Crippen molar-refractivity contribution in [1.29, 1.82) is 0 Å². The van der Waals surface area contributed by atoms with E-state index in [0.717, 1.165) is 4.90 Å². The summed E-state index contributed by atoms with van der Waals surface area (Å²) in [6.07, 6.45) is -11.1. The molecule has 0 bridgehead atoms. The number of ketones is 2. The second-order valence-corrected chi connectivity index (χ2v) is 11.3. The quantitative estimate of drug-likeness (QED) is 0.0710. The number of Topliss-reactive ketones (excluding diaryl/α,β-unsaturated/α-hetero) is 2. The molecule has 8 N–H and O–H groups in total. The van der Waals surface area contributed by atoms with Gasteiger partial charge in [0.1, 0.15) is 36.6 Å². The van der Waals surface area contributed by atoms with Crippen LogP contribution < -0.4 is 5.73 Å². The van der Waals surface area contributed by atoms with Gasteiger partial charge in [-0.2, -0.15) is 0 Å². The molecule has 0 aromatic heterocycles. The number of nitrogens with zero attached hydrogens (tertiary/aromatic N) is 1. The zero-order valence-corrected chi connectivity index (χ0v) is 25.2. The number of aliphatic hydroxyl groups excluding tert-OH is 6. The average molecular weight is 637 g/mol. The van der Waals surface area contributed by atoms with Crippen molar-refractivity contribution in [2.45, 2.75) is 127 Å². The van der Waals surface area contributed by atoms with E-state index in [-0.39, 0.29) is 76.4 Å². The fourth-order valence-corrected chi connectivity index (χ4v) is 4.79. The average Bonchev–Trinajstić information content (AvgIpc) is 2.97. The summed E-state index contributed by atoms with van der Waals surface area (Å²) in [5.74, 6) is -1.63. The number of hydrogen-bond acceptors (Lipinski definition) is 14. The van der Waals surface area contributed by atoms with Crippen LogP contribution in [-0.2, 0) is 38.1 Å². The van der Waals surface area contributed by atoms with E-state index < -0.39 is 73.2 Å². The molecule has 0 spiro atoms. The minimum atomic E-state index is -1.47. The zero-order chi connectivity index (χ0) is 33.0. The summed E-state index contributed by atoms with van der Waals surface area (Å²) in [6.45, 7) is 2.33. The number of hydrogen-bond donors (Lipinski definition) is 7. The first-order valence-electron chi connectivity index (χ1n) is 14.9. The molecule has 0 unspecified atom stereocenters. The highest BCUT2D eigenvalue weighted by Gasteiger charge is 2.43. The standard InChI is InChI=1S/C28H48N2O14/c1-15-21(35)23(37)25(39)27(43-15)41-11-5-7-17(31)13-30(20(34)10-4-3-9-19(29)33)14-18(32)8-6-12-42-28-26(40)24(38)22(36)16(2)44-28/h15-16,21-28,35-40H,3-14H2,1-2H3,(H2,29,33)/t15-,16-,21+,22+,23+,24+,25-,26-,27+,28+/m0/s1. The van der Waals surface area contributed by atoms with Crippen molar-refractivity contribution in [3.63, 3.8) is 0 Å². The molecule has 2 fully saturated rings. The Hall–Kier alpha value is -2.12. The van der Waals surface area contributed by atoms with Crippen molar-refractivity contribution in [2.75, 3.05) is 26.3 Å². The van der Waals surface area contributed by atoms with Gasteiger partial charge in [0.2, 0.25) is 11.8 Å². The Morgan fingerprint density at radius 3 is 1.43 bits per heavy atom. The molecule has 0 aromatic rings. The third-order valence-corrected chi connectivity index (χ3v) is 7.53. The molecule has 2 rings (SSSR count). The topological polar surface area (TPSA) is 256 Å². The number of nitrogens with two attached hydrogens (primary N) is 1. The van der Waals surface area contributed by atoms with E-state index in [2.05, 4.69) is 0 Å². The lowest BCUT2D eigenvalue weighted by Gasteiger charge is -2.38. The molecule has 16 heteroatoms. The second-order valence-electron chi connectivity index (χ2n) is 11.3. The molecule has 10 atom stereocenters. The molecule has 16 nitrogen and oxygen atoms in total. The Bertz CT molecular complexity index is 882. The van der Waals surface area contributed by atoms with Crippen LogP contribution in [0.1, 0.15) is 65.2 Å². The maximum Gasteiger partial charge on any atom is 0.223 e. The maximum absolute atomic E-state index is 12.9. The zero-order valence-electron chi connectivity index (χ0n) is 25.2. The van der Waals surface area contributed by atoms with Gasteiger partial charge in [-0.05, 0) is 39.5 Å². The van der Waals surface area contributed by atoms with Crippen LogP contribution in [0, 0.1) is 0 Å². The highest BCUT2D eigenvalue weighted by atomic mass is 16.7. The minimum absolute atomic E-state index is 0.00655. The largest absolute Gasteiger partial charge is 0.388 e. The van der Waals surface area contributed by atoms with E-state index in [9.17, 15) is 49.8 Å². The predicted molar refractivity (Wildman–Crippen MR) is 149 cm³/mol. The van der Waals surface area contributed by atoms with Gasteiger partial charge in [-0.3, -0.25) is 19.2 Å². The van der Waals surface area contributed by atoms with Crippen molar-refractivity contribution >= 4 is 23.4 Å². The van der Waals surface area contributed by atoms with Crippen molar-refractivity contribution < 1.29 is 68.8 Å². The fourth-order valence-electron chi connectivity index (χ4n) is 4.79. The molecule has 2 aliphatic heterocycles. The first-order valence-corrected chi connectivity index (χ1v) is 14.9. The lowest BCUT2D eigenvalue weighted by molar-refractivity contribution is -0.293. The second kappa shape index (κ2) is 18.8. The summed E-state index contributed by atoms with van der Waals surface area (Å²) < 4.78 is 21.6. The lowest BCUT2D eigenvalue weighted by atomic mass is 10.00. The highest BCUT2D eigenvalue weighted by Crippen LogP contribution is 2.23. The van der Waals surface area contributed by atoms with Crippen LogP contribution >= 0.6 is 0 Å². The van der Waals surface area contributed by atoms with Gasteiger partial charge in [0, 0.05) is 25.7 Å². The van der Waals surface area contributed by atoms with Crippen LogP contribution in [-0.4, -0.2) is 147 Å². The summed E-state index contributed by atoms with van der Waals surface area (Å²) in [5, 5.41) is 59.4. The van der Waals surface area contributed by atoms with Crippen LogP contribution in [0.3, 0.4) is 0 Å². The first-order chi connectivity index (χ1) is 20.7. The van der Waals surface area contributed by atoms with Crippen molar-refractivity contribution in [2.24, 2.45) is 5.73 Å². The normalized spacial score (nSPS) is 32.3. The van der Waals surface area contributed by atoms with Gasteiger partial charge in [0.15, 0.2) is 24.1 Å². The summed E-state index contributed by atoms with van der Waals surface area (Å²) >= 11 is 0. The van der Waals surface area contributed by atoms with E-state index >= 15 is 0 Å². The SMILES string of the molecule is C[C@@H]1O[C@@H](OCCCC(=O)CN(CC(=O)CCCO[C@@H]2O[C@@H](C)[C@@H](O)[C@@H](O)[C@@H]2O)C(=O)CCCCC(N)=O)[C@@H](O)[C@H](O)[C@@H]1O. The van der Waals surface area contributed by atoms with Gasteiger partial charge in [0.25, 0.3) is 0 Å². The molecule has 2 amide bonds. The van der Waals surface area contributed by atoms with Crippen molar-refractivity contribution in [3.8, 4) is 0 Å². The molecule has 2 aliphatic rings. The number of carbonyl (C=O) groups excluding carboxylic acids is 4. The van der Waals surface area contributed by atoms with Crippen LogP contribution in [0.4, 0.5) is 0 Å². The van der Waals surface area contributed by atoms with Gasteiger partial charge in [0.05, 0.1) is 38.5 Å². The van der Waals surface area contributed by atoms with Crippen molar-refractivity contribution in [3.05, 3.63) is 0 Å². The fraction of sp³-hybridized carbons (Fsp3) is 0.857. The summed E-state index contributed by atoms with van der Waals surface area (Å²) in [7, 11) is 0. The number of primary amides is 1. The molecular formula is C28H48N2O14. The van der Waals surface area contributed by atoms with Gasteiger partial charge in [-0.25, -0.2) is 0 Å². The smallest absolute Gasteiger partial charge is 0.223 e. The molecule has 0 radical (unpaired) electrons. The maximum atomic E-state index is 12.9. The molecule has 2 saturated heterocycles. The number of aliphatic hydroxyl groups is 6. The summed E-state index contributed by atoms with van der Waals surface area (Å²) in [6, 6.07) is 0. The number of ether oxygens (including phenoxy) is 4. The Morgan fingerprint density at radius 1 is 0.614 bits per heavy atom. The molecule has 0 saturated carbocycles. The van der Waals surface area contributed by atoms with Gasteiger partial charge < -0.3 is 60.2 Å². The molecule has 254 valence electrons. The monoisotopic (exact) mass is 636 g/mol. The summed E-state index contributed by atoms with van der Waals surface area (Å²) in [4.78, 5) is 50.4. The minimum Gasteiger partial charge on any atom is -0.388 e. The first kappa shape index (κ1) is 38.1. The van der Waals surface area contributed by atoms with E-state index in [0.29, 0.717) is 12.8 Å². The van der Waals surface area contributed by atoms with E-state index in [1.807, 2.05) is 0 Å². The molecule has 0 aliphatic carbocycles. The Kier molecular flexibility index (Phi) is 16.2. The van der Waals surface area contributed by atoms with Crippen LogP contribution in [0.25, 0.3) is 0 Å². The third-order valence-electron chi connectivity index (χ3n) is 7.53. The van der Waals surface area contributed by atoms with Crippen LogP contribution in [0.2, 0.25) is 0 Å². The number of carbonyl (C=O) groups is 4. The number of amides is 2. The molecular weight excluding hydrogens is 588 g/mol. The number of rotatable bonds is 19. The van der Waals surface area contributed by atoms with Crippen LogP contribution in [0.15, 0.2) is 0 Å². The van der Waals surface area contributed by atoms with Gasteiger partial charge in [-0.1, -0.05) is 0 Å². The predicted octanol–water partition coefficient (Wildman–Crippen LogP) is -2.75. The van der Waals surface area contributed by atoms with E-state index in [4.69, 9.17) is 24.7 Å². The Balaban J connectivity index is 1.81. The van der Waals surface area contributed by atoms with Gasteiger partial charge >= 0.3 is 0 Å².